The van der Waals surface area contributed by atoms with Crippen molar-refractivity contribution in [2.75, 3.05) is 6.54 Å². The Bertz CT molecular complexity index is 489. The Morgan fingerprint density at radius 3 is 2.65 bits per heavy atom. The monoisotopic (exact) mass is 280 g/mol. The first-order valence-corrected chi connectivity index (χ1v) is 6.92. The summed E-state index contributed by atoms with van der Waals surface area (Å²) in [5, 5.41) is 11.9. The summed E-state index contributed by atoms with van der Waals surface area (Å²) in [7, 11) is 0. The normalized spacial score (nSPS) is 17.6. The van der Waals surface area contributed by atoms with Crippen molar-refractivity contribution in [2.24, 2.45) is 5.41 Å². The van der Waals surface area contributed by atoms with Crippen LogP contribution in [-0.4, -0.2) is 28.5 Å². The van der Waals surface area contributed by atoms with Crippen molar-refractivity contribution in [3.8, 4) is 0 Å². The highest BCUT2D eigenvalue weighted by Crippen LogP contribution is 2.38. The molecule has 1 aliphatic rings. The second kappa shape index (κ2) is 6.07. The molecule has 1 aliphatic carbocycles. The van der Waals surface area contributed by atoms with Crippen molar-refractivity contribution < 1.29 is 19.1 Å². The first kappa shape index (κ1) is 14.6. The maximum atomic E-state index is 12.0. The Morgan fingerprint density at radius 2 is 2.10 bits per heavy atom. The number of carbonyl (C=O) groups excluding carboxylic acids is 1. The van der Waals surface area contributed by atoms with Crippen molar-refractivity contribution in [2.45, 2.75) is 45.4 Å². The van der Waals surface area contributed by atoms with Crippen LogP contribution >= 0.6 is 0 Å². The number of carboxylic acids is 1. The summed E-state index contributed by atoms with van der Waals surface area (Å²) in [5.41, 5.74) is 0.214. The molecule has 6 heteroatoms. The molecule has 2 N–H and O–H groups in total. The van der Waals surface area contributed by atoms with E-state index in [-0.39, 0.29) is 23.5 Å². The standard InChI is InChI=1S/C14H20N2O4/c1-10-12(20-9-16-10)13(19)15-8-14(7-11(17)18)5-3-2-4-6-14/h9H,2-8H2,1H3,(H,15,19)(H,17,18). The van der Waals surface area contributed by atoms with E-state index in [4.69, 9.17) is 9.52 Å². The first-order chi connectivity index (χ1) is 9.52. The molecule has 1 heterocycles. The van der Waals surface area contributed by atoms with Gasteiger partial charge in [0.1, 0.15) is 0 Å². The van der Waals surface area contributed by atoms with E-state index in [0.29, 0.717) is 12.2 Å². The molecule has 1 aromatic rings. The third-order valence-corrected chi connectivity index (χ3v) is 4.02. The molecule has 0 atom stereocenters. The van der Waals surface area contributed by atoms with Gasteiger partial charge in [0.15, 0.2) is 6.39 Å². The smallest absolute Gasteiger partial charge is 0.303 e. The number of nitrogens with one attached hydrogen (secondary N) is 1. The van der Waals surface area contributed by atoms with Gasteiger partial charge in [0, 0.05) is 6.54 Å². The van der Waals surface area contributed by atoms with Gasteiger partial charge >= 0.3 is 5.97 Å². The number of rotatable bonds is 5. The highest BCUT2D eigenvalue weighted by molar-refractivity contribution is 5.92. The van der Waals surface area contributed by atoms with Crippen molar-refractivity contribution in [1.29, 1.82) is 0 Å². The van der Waals surface area contributed by atoms with E-state index < -0.39 is 5.97 Å². The quantitative estimate of drug-likeness (QED) is 0.862. The molecular weight excluding hydrogens is 260 g/mol. The fraction of sp³-hybridized carbons (Fsp3) is 0.643. The maximum absolute atomic E-state index is 12.0. The summed E-state index contributed by atoms with van der Waals surface area (Å²) in [5.74, 6) is -0.932. The Morgan fingerprint density at radius 1 is 1.40 bits per heavy atom. The molecule has 110 valence electrons. The summed E-state index contributed by atoms with van der Waals surface area (Å²) in [6.07, 6.45) is 6.19. The lowest BCUT2D eigenvalue weighted by atomic mass is 9.71. The first-order valence-electron chi connectivity index (χ1n) is 6.92. The minimum atomic E-state index is -0.808. The molecule has 0 saturated heterocycles. The predicted molar refractivity (Wildman–Crippen MR) is 71.3 cm³/mol. The van der Waals surface area contributed by atoms with E-state index in [0.717, 1.165) is 32.1 Å². The van der Waals surface area contributed by atoms with Crippen LogP contribution < -0.4 is 5.32 Å². The van der Waals surface area contributed by atoms with Gasteiger partial charge in [-0.15, -0.1) is 0 Å². The maximum Gasteiger partial charge on any atom is 0.303 e. The van der Waals surface area contributed by atoms with Crippen LogP contribution in [0.2, 0.25) is 0 Å². The lowest BCUT2D eigenvalue weighted by Gasteiger charge is -2.36. The van der Waals surface area contributed by atoms with Crippen molar-refractivity contribution >= 4 is 11.9 Å². The number of hydrogen-bond donors (Lipinski definition) is 2. The average molecular weight is 280 g/mol. The molecule has 1 fully saturated rings. The number of carboxylic acid groups (broad SMARTS) is 1. The SMILES string of the molecule is Cc1ncoc1C(=O)NCC1(CC(=O)O)CCCCC1. The van der Waals surface area contributed by atoms with Crippen molar-refractivity contribution in [1.82, 2.24) is 10.3 Å². The number of carbonyl (C=O) groups is 2. The van der Waals surface area contributed by atoms with Crippen LogP contribution in [0.25, 0.3) is 0 Å². The van der Waals surface area contributed by atoms with E-state index in [9.17, 15) is 9.59 Å². The average Bonchev–Trinajstić information content (AvgIpc) is 2.83. The van der Waals surface area contributed by atoms with Crippen LogP contribution in [0.1, 0.15) is 54.8 Å². The molecule has 0 aliphatic heterocycles. The number of nitrogens with zero attached hydrogens (tertiary/aromatic N) is 1. The molecular formula is C14H20N2O4. The Hall–Kier alpha value is -1.85. The van der Waals surface area contributed by atoms with Crippen LogP contribution in [0.4, 0.5) is 0 Å². The van der Waals surface area contributed by atoms with Crippen molar-refractivity contribution in [3.63, 3.8) is 0 Å². The Kier molecular flexibility index (Phi) is 4.42. The van der Waals surface area contributed by atoms with E-state index >= 15 is 0 Å². The molecule has 0 aromatic carbocycles. The summed E-state index contributed by atoms with van der Waals surface area (Å²) in [4.78, 5) is 26.9. The summed E-state index contributed by atoms with van der Waals surface area (Å²) >= 11 is 0. The summed E-state index contributed by atoms with van der Waals surface area (Å²) in [6, 6.07) is 0. The van der Waals surface area contributed by atoms with E-state index in [1.54, 1.807) is 6.92 Å². The molecule has 1 amide bonds. The second-order valence-corrected chi connectivity index (χ2v) is 5.58. The fourth-order valence-electron chi connectivity index (χ4n) is 2.91. The number of aliphatic carboxylic acids is 1. The lowest BCUT2D eigenvalue weighted by molar-refractivity contribution is -0.140. The molecule has 0 spiro atoms. The second-order valence-electron chi connectivity index (χ2n) is 5.58. The fourth-order valence-corrected chi connectivity index (χ4v) is 2.91. The van der Waals surface area contributed by atoms with Gasteiger partial charge in [-0.2, -0.15) is 0 Å². The largest absolute Gasteiger partial charge is 0.481 e. The van der Waals surface area contributed by atoms with Gasteiger partial charge in [0.2, 0.25) is 5.76 Å². The van der Waals surface area contributed by atoms with Crippen molar-refractivity contribution in [3.05, 3.63) is 17.8 Å². The minimum absolute atomic E-state index is 0.0999. The van der Waals surface area contributed by atoms with Gasteiger partial charge in [-0.3, -0.25) is 9.59 Å². The molecule has 20 heavy (non-hydrogen) atoms. The molecule has 1 aromatic heterocycles. The third-order valence-electron chi connectivity index (χ3n) is 4.02. The highest BCUT2D eigenvalue weighted by Gasteiger charge is 2.35. The summed E-state index contributed by atoms with van der Waals surface area (Å²) in [6.45, 7) is 2.07. The van der Waals surface area contributed by atoms with Gasteiger partial charge in [-0.25, -0.2) is 4.98 Å². The molecule has 0 unspecified atom stereocenters. The molecule has 1 saturated carbocycles. The zero-order valence-electron chi connectivity index (χ0n) is 11.6. The van der Waals surface area contributed by atoms with E-state index in [1.807, 2.05) is 0 Å². The molecule has 6 nitrogen and oxygen atoms in total. The van der Waals surface area contributed by atoms with Crippen LogP contribution in [-0.2, 0) is 4.79 Å². The summed E-state index contributed by atoms with van der Waals surface area (Å²) < 4.78 is 5.04. The van der Waals surface area contributed by atoms with E-state index in [2.05, 4.69) is 10.3 Å². The predicted octanol–water partition coefficient (Wildman–Crippen LogP) is 2.14. The number of aromatic nitrogens is 1. The topological polar surface area (TPSA) is 92.4 Å². The Balaban J connectivity index is 2.00. The number of hydrogen-bond acceptors (Lipinski definition) is 4. The van der Waals surface area contributed by atoms with Gasteiger partial charge in [-0.05, 0) is 25.2 Å². The number of aryl methyl sites for hydroxylation is 1. The Labute approximate surface area is 117 Å². The van der Waals surface area contributed by atoms with Gasteiger partial charge in [-0.1, -0.05) is 19.3 Å². The zero-order valence-corrected chi connectivity index (χ0v) is 11.6. The zero-order chi connectivity index (χ0) is 14.6. The van der Waals surface area contributed by atoms with Crippen LogP contribution in [0.15, 0.2) is 10.8 Å². The van der Waals surface area contributed by atoms with Gasteiger partial charge < -0.3 is 14.8 Å². The molecule has 0 radical (unpaired) electrons. The van der Waals surface area contributed by atoms with Gasteiger partial charge in [0.25, 0.3) is 5.91 Å². The molecule has 2 rings (SSSR count). The lowest BCUT2D eigenvalue weighted by Crippen LogP contribution is -2.40. The highest BCUT2D eigenvalue weighted by atomic mass is 16.4. The van der Waals surface area contributed by atoms with Crippen LogP contribution in [0.3, 0.4) is 0 Å². The van der Waals surface area contributed by atoms with E-state index in [1.165, 1.54) is 6.39 Å². The third kappa shape index (κ3) is 3.37. The van der Waals surface area contributed by atoms with Crippen LogP contribution in [0, 0.1) is 12.3 Å². The number of oxazole rings is 1. The minimum Gasteiger partial charge on any atom is -0.481 e. The van der Waals surface area contributed by atoms with Gasteiger partial charge in [0.05, 0.1) is 12.1 Å². The van der Waals surface area contributed by atoms with Crippen LogP contribution in [0.5, 0.6) is 0 Å². The number of amides is 1. The molecule has 0 bridgehead atoms.